The summed E-state index contributed by atoms with van der Waals surface area (Å²) in [5, 5.41) is 6.08. The summed E-state index contributed by atoms with van der Waals surface area (Å²) in [5.41, 5.74) is 0.630. The molecular formula is C14H21ClFN3O. The summed E-state index contributed by atoms with van der Waals surface area (Å²) in [6, 6.07) is 6.27. The van der Waals surface area contributed by atoms with E-state index in [9.17, 15) is 9.18 Å². The number of rotatable bonds is 4. The average molecular weight is 302 g/mol. The minimum Gasteiger partial charge on any atom is -0.325 e. The molecule has 4 nitrogen and oxygen atoms in total. The average Bonchev–Trinajstić information content (AvgIpc) is 2.42. The van der Waals surface area contributed by atoms with Gasteiger partial charge in [-0.05, 0) is 57.2 Å². The van der Waals surface area contributed by atoms with Gasteiger partial charge in [0.15, 0.2) is 0 Å². The highest BCUT2D eigenvalue weighted by Crippen LogP contribution is 2.11. The smallest absolute Gasteiger partial charge is 0.238 e. The zero-order valence-electron chi connectivity index (χ0n) is 11.6. The second-order valence-corrected chi connectivity index (χ2v) is 4.95. The van der Waals surface area contributed by atoms with Crippen LogP contribution >= 0.6 is 12.4 Å². The summed E-state index contributed by atoms with van der Waals surface area (Å²) in [4.78, 5) is 14.0. The zero-order chi connectivity index (χ0) is 13.7. The van der Waals surface area contributed by atoms with Gasteiger partial charge in [0.05, 0.1) is 6.54 Å². The molecule has 1 aliphatic rings. The number of hydrogen-bond donors (Lipinski definition) is 2. The number of nitrogens with zero attached hydrogens (tertiary/aromatic N) is 1. The van der Waals surface area contributed by atoms with Crippen LogP contribution in [0.15, 0.2) is 24.3 Å². The maximum Gasteiger partial charge on any atom is 0.238 e. The Bertz CT molecular complexity index is 421. The van der Waals surface area contributed by atoms with E-state index >= 15 is 0 Å². The molecule has 20 heavy (non-hydrogen) atoms. The summed E-state index contributed by atoms with van der Waals surface area (Å²) >= 11 is 0. The van der Waals surface area contributed by atoms with Crippen LogP contribution in [0.3, 0.4) is 0 Å². The Kier molecular flexibility index (Phi) is 6.91. The molecule has 1 aromatic rings. The standard InChI is InChI=1S/C14H20FN3O.ClH/c1-18(13-6-8-16-9-7-13)10-14(19)17-12-4-2-11(15)3-5-12;/h2-5,13,16H,6-10H2,1H3,(H,17,19);1H. The monoisotopic (exact) mass is 301 g/mol. The Labute approximate surface area is 125 Å². The van der Waals surface area contributed by atoms with Gasteiger partial charge in [0.2, 0.25) is 5.91 Å². The van der Waals surface area contributed by atoms with E-state index in [-0.39, 0.29) is 24.1 Å². The number of amides is 1. The normalized spacial score (nSPS) is 15.8. The summed E-state index contributed by atoms with van der Waals surface area (Å²) in [7, 11) is 1.97. The van der Waals surface area contributed by atoms with E-state index in [4.69, 9.17) is 0 Å². The lowest BCUT2D eigenvalue weighted by atomic mass is 10.1. The van der Waals surface area contributed by atoms with Crippen molar-refractivity contribution in [2.75, 3.05) is 32.0 Å². The molecule has 0 saturated carbocycles. The number of hydrogen-bond acceptors (Lipinski definition) is 3. The maximum absolute atomic E-state index is 12.8. The number of benzene rings is 1. The summed E-state index contributed by atoms with van der Waals surface area (Å²) in [5.74, 6) is -0.363. The molecule has 112 valence electrons. The zero-order valence-corrected chi connectivity index (χ0v) is 12.4. The first-order valence-electron chi connectivity index (χ1n) is 6.61. The van der Waals surface area contributed by atoms with Gasteiger partial charge < -0.3 is 10.6 Å². The van der Waals surface area contributed by atoms with Crippen molar-refractivity contribution in [3.63, 3.8) is 0 Å². The summed E-state index contributed by atoms with van der Waals surface area (Å²) in [6.07, 6.45) is 2.14. The van der Waals surface area contributed by atoms with E-state index in [0.29, 0.717) is 18.3 Å². The molecule has 0 bridgehead atoms. The molecule has 1 aromatic carbocycles. The van der Waals surface area contributed by atoms with Crippen LogP contribution in [0, 0.1) is 5.82 Å². The van der Waals surface area contributed by atoms with Gasteiger partial charge in [-0.1, -0.05) is 0 Å². The van der Waals surface area contributed by atoms with E-state index in [2.05, 4.69) is 15.5 Å². The molecule has 6 heteroatoms. The number of carbonyl (C=O) groups is 1. The minimum absolute atomic E-state index is 0. The van der Waals surface area contributed by atoms with E-state index in [1.54, 1.807) is 12.1 Å². The quantitative estimate of drug-likeness (QED) is 0.892. The van der Waals surface area contributed by atoms with E-state index in [0.717, 1.165) is 25.9 Å². The second kappa shape index (κ2) is 8.19. The molecule has 2 rings (SSSR count). The molecular weight excluding hydrogens is 281 g/mol. The van der Waals surface area contributed by atoms with Crippen LogP contribution in [0.5, 0.6) is 0 Å². The lowest BCUT2D eigenvalue weighted by Gasteiger charge is -2.31. The third-order valence-electron chi connectivity index (χ3n) is 3.45. The van der Waals surface area contributed by atoms with Gasteiger partial charge in [-0.2, -0.15) is 0 Å². The first-order valence-corrected chi connectivity index (χ1v) is 6.61. The van der Waals surface area contributed by atoms with E-state index in [1.807, 2.05) is 7.05 Å². The number of piperidine rings is 1. The molecule has 1 saturated heterocycles. The molecule has 0 unspecified atom stereocenters. The SMILES string of the molecule is CN(CC(=O)Nc1ccc(F)cc1)C1CCNCC1.Cl. The minimum atomic E-state index is -0.301. The molecule has 0 spiro atoms. The van der Waals surface area contributed by atoms with Crippen molar-refractivity contribution in [2.45, 2.75) is 18.9 Å². The van der Waals surface area contributed by atoms with Gasteiger partial charge in [-0.3, -0.25) is 9.69 Å². The van der Waals surface area contributed by atoms with E-state index in [1.165, 1.54) is 12.1 Å². The number of anilines is 1. The molecule has 1 aliphatic heterocycles. The fourth-order valence-electron chi connectivity index (χ4n) is 2.34. The van der Waals surface area contributed by atoms with Crippen molar-refractivity contribution in [3.8, 4) is 0 Å². The first kappa shape index (κ1) is 16.9. The van der Waals surface area contributed by atoms with Gasteiger partial charge >= 0.3 is 0 Å². The third-order valence-corrected chi connectivity index (χ3v) is 3.45. The van der Waals surface area contributed by atoms with Crippen LogP contribution in [-0.2, 0) is 4.79 Å². The lowest BCUT2D eigenvalue weighted by Crippen LogP contribution is -2.44. The van der Waals surface area contributed by atoms with Crippen molar-refractivity contribution < 1.29 is 9.18 Å². The van der Waals surface area contributed by atoms with Crippen molar-refractivity contribution in [2.24, 2.45) is 0 Å². The number of halogens is 2. The predicted molar refractivity (Wildman–Crippen MR) is 80.8 cm³/mol. The Morgan fingerprint density at radius 2 is 1.95 bits per heavy atom. The van der Waals surface area contributed by atoms with Gasteiger partial charge in [0, 0.05) is 11.7 Å². The molecule has 0 aromatic heterocycles. The van der Waals surface area contributed by atoms with Crippen LogP contribution in [-0.4, -0.2) is 43.5 Å². The number of nitrogens with one attached hydrogen (secondary N) is 2. The predicted octanol–water partition coefficient (Wildman–Crippen LogP) is 1.87. The van der Waals surface area contributed by atoms with Crippen LogP contribution in [0.4, 0.5) is 10.1 Å². The fraction of sp³-hybridized carbons (Fsp3) is 0.500. The molecule has 0 atom stereocenters. The van der Waals surface area contributed by atoms with Gasteiger partial charge in [-0.25, -0.2) is 4.39 Å². The Balaban J connectivity index is 0.00000200. The van der Waals surface area contributed by atoms with Crippen LogP contribution in [0.2, 0.25) is 0 Å². The summed E-state index contributed by atoms with van der Waals surface area (Å²) < 4.78 is 12.8. The maximum atomic E-state index is 12.8. The van der Waals surface area contributed by atoms with Gasteiger partial charge in [0.1, 0.15) is 5.82 Å². The largest absolute Gasteiger partial charge is 0.325 e. The van der Waals surface area contributed by atoms with Crippen molar-refractivity contribution in [3.05, 3.63) is 30.1 Å². The molecule has 0 radical (unpaired) electrons. The third kappa shape index (κ3) is 5.07. The highest BCUT2D eigenvalue weighted by Gasteiger charge is 2.19. The highest BCUT2D eigenvalue weighted by molar-refractivity contribution is 5.92. The van der Waals surface area contributed by atoms with E-state index < -0.39 is 0 Å². The Hall–Kier alpha value is -1.17. The van der Waals surface area contributed by atoms with Gasteiger partial charge in [0.25, 0.3) is 0 Å². The van der Waals surface area contributed by atoms with Crippen molar-refractivity contribution in [1.29, 1.82) is 0 Å². The second-order valence-electron chi connectivity index (χ2n) is 4.95. The molecule has 1 fully saturated rings. The van der Waals surface area contributed by atoms with Crippen molar-refractivity contribution in [1.82, 2.24) is 10.2 Å². The molecule has 2 N–H and O–H groups in total. The van der Waals surface area contributed by atoms with Crippen molar-refractivity contribution >= 4 is 24.0 Å². The first-order chi connectivity index (χ1) is 9.15. The fourth-order valence-corrected chi connectivity index (χ4v) is 2.34. The lowest BCUT2D eigenvalue weighted by molar-refractivity contribution is -0.117. The number of likely N-dealkylation sites (N-methyl/N-ethyl adjacent to an activating group) is 1. The van der Waals surface area contributed by atoms with Crippen LogP contribution < -0.4 is 10.6 Å². The number of carbonyl (C=O) groups excluding carboxylic acids is 1. The Morgan fingerprint density at radius 1 is 1.35 bits per heavy atom. The summed E-state index contributed by atoms with van der Waals surface area (Å²) in [6.45, 7) is 2.38. The highest BCUT2D eigenvalue weighted by atomic mass is 35.5. The van der Waals surface area contributed by atoms with Gasteiger partial charge in [-0.15, -0.1) is 12.4 Å². The molecule has 1 amide bonds. The topological polar surface area (TPSA) is 44.4 Å². The molecule has 0 aliphatic carbocycles. The van der Waals surface area contributed by atoms with Crippen LogP contribution in [0.25, 0.3) is 0 Å². The molecule has 1 heterocycles. The Morgan fingerprint density at radius 3 is 2.55 bits per heavy atom. The van der Waals surface area contributed by atoms with Crippen LogP contribution in [0.1, 0.15) is 12.8 Å².